The topological polar surface area (TPSA) is 62.3 Å². The number of hydrogen-bond acceptors (Lipinski definition) is 3. The molecule has 0 amide bonds. The first-order chi connectivity index (χ1) is 6.63. The molecular formula is C10H21N3O. The number of piperidine rings is 1. The van der Waals surface area contributed by atoms with E-state index in [1.54, 1.807) is 7.11 Å². The zero-order valence-corrected chi connectivity index (χ0v) is 9.12. The molecule has 0 aromatic carbocycles. The predicted molar refractivity (Wildman–Crippen MR) is 57.5 cm³/mol. The van der Waals surface area contributed by atoms with E-state index in [4.69, 9.17) is 15.9 Å². The number of nitrogens with zero attached hydrogens (tertiary/aromatic N) is 1. The van der Waals surface area contributed by atoms with E-state index in [0.717, 1.165) is 32.5 Å². The van der Waals surface area contributed by atoms with Crippen molar-refractivity contribution in [3.8, 4) is 0 Å². The molecule has 0 aliphatic carbocycles. The van der Waals surface area contributed by atoms with Crippen LogP contribution in [-0.2, 0) is 4.74 Å². The van der Waals surface area contributed by atoms with E-state index in [9.17, 15) is 0 Å². The van der Waals surface area contributed by atoms with Gasteiger partial charge in [-0.1, -0.05) is 0 Å². The van der Waals surface area contributed by atoms with E-state index in [2.05, 4.69) is 11.8 Å². The van der Waals surface area contributed by atoms with Crippen molar-refractivity contribution in [3.63, 3.8) is 0 Å². The first-order valence-electron chi connectivity index (χ1n) is 5.22. The van der Waals surface area contributed by atoms with Gasteiger partial charge in [0.25, 0.3) is 0 Å². The van der Waals surface area contributed by atoms with Gasteiger partial charge in [0, 0.05) is 19.6 Å². The Labute approximate surface area is 85.9 Å². The van der Waals surface area contributed by atoms with Crippen molar-refractivity contribution in [2.24, 2.45) is 11.7 Å². The average Bonchev–Trinajstić information content (AvgIpc) is 2.18. The molecule has 1 aliphatic heterocycles. The van der Waals surface area contributed by atoms with Crippen LogP contribution in [0.3, 0.4) is 0 Å². The lowest BCUT2D eigenvalue weighted by molar-refractivity contribution is 0.0668. The molecule has 14 heavy (non-hydrogen) atoms. The SMILES string of the molecule is COC(C)CN1CCC(C(=N)N)CC1. The van der Waals surface area contributed by atoms with E-state index in [0.29, 0.717) is 17.9 Å². The highest BCUT2D eigenvalue weighted by atomic mass is 16.5. The third-order valence-corrected chi connectivity index (χ3v) is 2.95. The molecule has 0 radical (unpaired) electrons. The molecule has 1 fully saturated rings. The maximum atomic E-state index is 7.37. The highest BCUT2D eigenvalue weighted by Crippen LogP contribution is 2.16. The summed E-state index contributed by atoms with van der Waals surface area (Å²) in [7, 11) is 1.74. The second kappa shape index (κ2) is 5.32. The van der Waals surface area contributed by atoms with Crippen LogP contribution in [0.4, 0.5) is 0 Å². The fourth-order valence-electron chi connectivity index (χ4n) is 1.86. The number of nitrogens with one attached hydrogen (secondary N) is 1. The lowest BCUT2D eigenvalue weighted by Crippen LogP contribution is -2.41. The van der Waals surface area contributed by atoms with Crippen LogP contribution in [-0.4, -0.2) is 43.6 Å². The van der Waals surface area contributed by atoms with Gasteiger partial charge in [-0.15, -0.1) is 0 Å². The third kappa shape index (κ3) is 3.27. The standard InChI is InChI=1S/C10H21N3O/c1-8(14-2)7-13-5-3-9(4-6-13)10(11)12/h8-9H,3-7H2,1-2H3,(H3,11,12). The summed E-state index contributed by atoms with van der Waals surface area (Å²) in [4.78, 5) is 2.38. The Morgan fingerprint density at radius 1 is 1.57 bits per heavy atom. The summed E-state index contributed by atoms with van der Waals surface area (Å²) in [6.45, 7) is 5.15. The number of methoxy groups -OCH3 is 1. The minimum atomic E-state index is 0.295. The first-order valence-corrected chi connectivity index (χ1v) is 5.22. The summed E-state index contributed by atoms with van der Waals surface area (Å²) in [6, 6.07) is 0. The normalized spacial score (nSPS) is 22.1. The summed E-state index contributed by atoms with van der Waals surface area (Å²) in [5.74, 6) is 0.661. The van der Waals surface area contributed by atoms with Gasteiger partial charge in [0.2, 0.25) is 0 Å². The van der Waals surface area contributed by atoms with Gasteiger partial charge in [-0.3, -0.25) is 5.41 Å². The van der Waals surface area contributed by atoms with Crippen LogP contribution in [0.5, 0.6) is 0 Å². The Hall–Kier alpha value is -0.610. The van der Waals surface area contributed by atoms with Crippen LogP contribution in [0, 0.1) is 11.3 Å². The molecule has 0 spiro atoms. The molecule has 4 nitrogen and oxygen atoms in total. The number of hydrogen-bond donors (Lipinski definition) is 2. The van der Waals surface area contributed by atoms with Crippen molar-refractivity contribution in [1.82, 2.24) is 4.90 Å². The Morgan fingerprint density at radius 2 is 2.14 bits per heavy atom. The molecule has 82 valence electrons. The highest BCUT2D eigenvalue weighted by molar-refractivity contribution is 5.79. The zero-order valence-electron chi connectivity index (χ0n) is 9.12. The zero-order chi connectivity index (χ0) is 10.6. The number of amidine groups is 1. The van der Waals surface area contributed by atoms with Gasteiger partial charge in [-0.25, -0.2) is 0 Å². The maximum Gasteiger partial charge on any atom is 0.0937 e. The van der Waals surface area contributed by atoms with Crippen molar-refractivity contribution in [1.29, 1.82) is 5.41 Å². The summed E-state index contributed by atoms with van der Waals surface area (Å²) in [6.07, 6.45) is 2.33. The lowest BCUT2D eigenvalue weighted by atomic mass is 9.96. The molecule has 1 aliphatic rings. The summed E-state index contributed by atoms with van der Waals surface area (Å²) < 4.78 is 5.22. The van der Waals surface area contributed by atoms with Gasteiger partial charge >= 0.3 is 0 Å². The Kier molecular flexibility index (Phi) is 4.35. The molecule has 1 unspecified atom stereocenters. The molecule has 1 atom stereocenters. The Bertz CT molecular complexity index is 188. The second-order valence-electron chi connectivity index (χ2n) is 4.08. The summed E-state index contributed by atoms with van der Waals surface area (Å²) in [5, 5.41) is 7.37. The number of rotatable bonds is 4. The molecular weight excluding hydrogens is 178 g/mol. The van der Waals surface area contributed by atoms with E-state index in [1.165, 1.54) is 0 Å². The molecule has 0 bridgehead atoms. The van der Waals surface area contributed by atoms with Gasteiger partial charge in [0.15, 0.2) is 0 Å². The Morgan fingerprint density at radius 3 is 2.57 bits per heavy atom. The van der Waals surface area contributed by atoms with Crippen LogP contribution < -0.4 is 5.73 Å². The molecule has 0 aromatic rings. The second-order valence-corrected chi connectivity index (χ2v) is 4.08. The largest absolute Gasteiger partial charge is 0.387 e. The fraction of sp³-hybridized carbons (Fsp3) is 0.900. The molecule has 0 aromatic heterocycles. The fourth-order valence-corrected chi connectivity index (χ4v) is 1.86. The van der Waals surface area contributed by atoms with Gasteiger partial charge in [0.1, 0.15) is 0 Å². The number of ether oxygens (including phenoxy) is 1. The van der Waals surface area contributed by atoms with Crippen molar-refractivity contribution >= 4 is 5.84 Å². The van der Waals surface area contributed by atoms with Gasteiger partial charge in [0.05, 0.1) is 11.9 Å². The first kappa shape index (κ1) is 11.5. The van der Waals surface area contributed by atoms with Gasteiger partial charge < -0.3 is 15.4 Å². The van der Waals surface area contributed by atoms with Gasteiger partial charge in [-0.2, -0.15) is 0 Å². The van der Waals surface area contributed by atoms with E-state index in [1.807, 2.05) is 0 Å². The number of likely N-dealkylation sites (tertiary alicyclic amines) is 1. The molecule has 3 N–H and O–H groups in total. The van der Waals surface area contributed by atoms with Crippen molar-refractivity contribution in [2.75, 3.05) is 26.7 Å². The predicted octanol–water partition coefficient (Wildman–Crippen LogP) is 0.669. The molecule has 4 heteroatoms. The highest BCUT2D eigenvalue weighted by Gasteiger charge is 2.21. The molecule has 0 saturated carbocycles. The van der Waals surface area contributed by atoms with Crippen LogP contribution >= 0.6 is 0 Å². The minimum absolute atomic E-state index is 0.295. The number of nitrogens with two attached hydrogens (primary N) is 1. The van der Waals surface area contributed by atoms with Crippen LogP contribution in [0.2, 0.25) is 0 Å². The lowest BCUT2D eigenvalue weighted by Gasteiger charge is -2.32. The quantitative estimate of drug-likeness (QED) is 0.516. The van der Waals surface area contributed by atoms with Crippen LogP contribution in [0.25, 0.3) is 0 Å². The average molecular weight is 199 g/mol. The smallest absolute Gasteiger partial charge is 0.0937 e. The van der Waals surface area contributed by atoms with Crippen molar-refractivity contribution < 1.29 is 4.74 Å². The van der Waals surface area contributed by atoms with E-state index in [-0.39, 0.29) is 0 Å². The van der Waals surface area contributed by atoms with Crippen molar-refractivity contribution in [3.05, 3.63) is 0 Å². The van der Waals surface area contributed by atoms with Crippen molar-refractivity contribution in [2.45, 2.75) is 25.9 Å². The summed E-state index contributed by atoms with van der Waals surface area (Å²) >= 11 is 0. The van der Waals surface area contributed by atoms with Crippen LogP contribution in [0.1, 0.15) is 19.8 Å². The molecule has 1 rings (SSSR count). The van der Waals surface area contributed by atoms with E-state index < -0.39 is 0 Å². The third-order valence-electron chi connectivity index (χ3n) is 2.95. The monoisotopic (exact) mass is 199 g/mol. The maximum absolute atomic E-state index is 7.37. The summed E-state index contributed by atoms with van der Waals surface area (Å²) in [5.41, 5.74) is 5.48. The minimum Gasteiger partial charge on any atom is -0.387 e. The molecule has 1 saturated heterocycles. The Balaban J connectivity index is 2.25. The van der Waals surface area contributed by atoms with Crippen LogP contribution in [0.15, 0.2) is 0 Å². The van der Waals surface area contributed by atoms with E-state index >= 15 is 0 Å². The van der Waals surface area contributed by atoms with Gasteiger partial charge in [-0.05, 0) is 32.9 Å². The molecule has 1 heterocycles.